The molecule has 0 unspecified atom stereocenters. The van der Waals surface area contributed by atoms with Gasteiger partial charge in [0.15, 0.2) is 0 Å². The van der Waals surface area contributed by atoms with Crippen molar-refractivity contribution in [2.45, 2.75) is 19.8 Å². The van der Waals surface area contributed by atoms with Crippen molar-refractivity contribution in [2.24, 2.45) is 0 Å². The largest absolute Gasteiger partial charge is 0.399 e. The lowest BCUT2D eigenvalue weighted by molar-refractivity contribution is 0.385. The second-order valence-corrected chi connectivity index (χ2v) is 4.79. The number of nitrogen functional groups attached to an aromatic ring is 1. The van der Waals surface area contributed by atoms with E-state index in [4.69, 9.17) is 10.3 Å². The van der Waals surface area contributed by atoms with Crippen LogP contribution in [0.5, 0.6) is 0 Å². The lowest BCUT2D eigenvalue weighted by atomic mass is 10.1. The molecule has 106 valence electrons. The molecule has 1 aromatic carbocycles. The number of aromatic nitrogens is 3. The predicted molar refractivity (Wildman–Crippen MR) is 80.6 cm³/mol. The van der Waals surface area contributed by atoms with Gasteiger partial charge in [0.05, 0.1) is 6.42 Å². The smallest absolute Gasteiger partial charge is 0.231 e. The number of benzene rings is 1. The first-order valence-corrected chi connectivity index (χ1v) is 6.87. The Kier molecular flexibility index (Phi) is 3.64. The van der Waals surface area contributed by atoms with Gasteiger partial charge in [-0.25, -0.2) is 0 Å². The summed E-state index contributed by atoms with van der Waals surface area (Å²) in [7, 11) is 0. The summed E-state index contributed by atoms with van der Waals surface area (Å²) in [5.41, 5.74) is 9.39. The van der Waals surface area contributed by atoms with Crippen LogP contribution in [-0.4, -0.2) is 15.1 Å². The third-order valence-corrected chi connectivity index (χ3v) is 3.29. The fraction of sp³-hybridized carbons (Fsp3) is 0.188. The Labute approximate surface area is 122 Å². The first-order valence-electron chi connectivity index (χ1n) is 6.87. The molecule has 0 saturated carbocycles. The molecule has 0 radical (unpaired) electrons. The minimum absolute atomic E-state index is 0.540. The normalized spacial score (nSPS) is 10.7. The van der Waals surface area contributed by atoms with E-state index in [0.29, 0.717) is 18.1 Å². The Morgan fingerprint density at radius 3 is 2.71 bits per heavy atom. The standard InChI is InChI=1S/C16H16N4O/c1-2-12-4-3-9-18-15(12)16-19-14(21-20-16)10-11-5-7-13(17)8-6-11/h3-9H,2,10,17H2,1H3. The zero-order valence-corrected chi connectivity index (χ0v) is 11.8. The van der Waals surface area contributed by atoms with Crippen molar-refractivity contribution < 1.29 is 4.52 Å². The topological polar surface area (TPSA) is 77.8 Å². The Morgan fingerprint density at radius 2 is 1.95 bits per heavy atom. The maximum Gasteiger partial charge on any atom is 0.231 e. The highest BCUT2D eigenvalue weighted by atomic mass is 16.5. The summed E-state index contributed by atoms with van der Waals surface area (Å²) < 4.78 is 5.32. The van der Waals surface area contributed by atoms with Crippen molar-refractivity contribution in [3.05, 3.63) is 59.6 Å². The summed E-state index contributed by atoms with van der Waals surface area (Å²) in [6.45, 7) is 2.08. The van der Waals surface area contributed by atoms with Crippen molar-refractivity contribution in [2.75, 3.05) is 5.73 Å². The van der Waals surface area contributed by atoms with E-state index in [9.17, 15) is 0 Å². The fourth-order valence-corrected chi connectivity index (χ4v) is 2.16. The maximum atomic E-state index is 5.67. The van der Waals surface area contributed by atoms with Crippen molar-refractivity contribution in [1.82, 2.24) is 15.1 Å². The molecule has 0 aliphatic carbocycles. The molecule has 2 N–H and O–H groups in total. The van der Waals surface area contributed by atoms with Gasteiger partial charge in [-0.2, -0.15) is 4.98 Å². The molecule has 0 fully saturated rings. The molecule has 0 amide bonds. The van der Waals surface area contributed by atoms with E-state index < -0.39 is 0 Å². The Bertz CT molecular complexity index is 734. The van der Waals surface area contributed by atoms with E-state index in [1.54, 1.807) is 6.20 Å². The highest BCUT2D eigenvalue weighted by Crippen LogP contribution is 2.19. The van der Waals surface area contributed by atoms with Gasteiger partial charge in [-0.3, -0.25) is 4.98 Å². The summed E-state index contributed by atoms with van der Waals surface area (Å²) in [5.74, 6) is 1.11. The van der Waals surface area contributed by atoms with E-state index >= 15 is 0 Å². The van der Waals surface area contributed by atoms with Crippen LogP contribution in [0.2, 0.25) is 0 Å². The third kappa shape index (κ3) is 2.91. The van der Waals surface area contributed by atoms with Gasteiger partial charge in [0.25, 0.3) is 0 Å². The van der Waals surface area contributed by atoms with Gasteiger partial charge >= 0.3 is 0 Å². The van der Waals surface area contributed by atoms with Gasteiger partial charge < -0.3 is 10.3 Å². The highest BCUT2D eigenvalue weighted by Gasteiger charge is 2.13. The average Bonchev–Trinajstić information content (AvgIpc) is 2.98. The molecule has 0 aliphatic rings. The van der Waals surface area contributed by atoms with E-state index in [1.807, 2.05) is 36.4 Å². The summed E-state index contributed by atoms with van der Waals surface area (Å²) in [4.78, 5) is 8.79. The number of hydrogen-bond donors (Lipinski definition) is 1. The summed E-state index contributed by atoms with van der Waals surface area (Å²) in [6.07, 6.45) is 3.21. The van der Waals surface area contributed by atoms with E-state index in [-0.39, 0.29) is 0 Å². The first kappa shape index (κ1) is 13.3. The van der Waals surface area contributed by atoms with Crippen LogP contribution >= 0.6 is 0 Å². The zero-order chi connectivity index (χ0) is 14.7. The van der Waals surface area contributed by atoms with Gasteiger partial charge in [-0.05, 0) is 35.7 Å². The Balaban J connectivity index is 1.84. The highest BCUT2D eigenvalue weighted by molar-refractivity contribution is 5.53. The molecule has 2 aromatic heterocycles. The lowest BCUT2D eigenvalue weighted by Crippen LogP contribution is -1.93. The molecule has 5 heteroatoms. The number of hydrogen-bond acceptors (Lipinski definition) is 5. The van der Waals surface area contributed by atoms with Gasteiger partial charge in [-0.15, -0.1) is 0 Å². The van der Waals surface area contributed by atoms with Crippen molar-refractivity contribution in [3.63, 3.8) is 0 Å². The second-order valence-electron chi connectivity index (χ2n) is 4.79. The summed E-state index contributed by atoms with van der Waals surface area (Å²) >= 11 is 0. The van der Waals surface area contributed by atoms with Crippen LogP contribution in [0.15, 0.2) is 47.1 Å². The molecule has 21 heavy (non-hydrogen) atoms. The van der Waals surface area contributed by atoms with Crippen molar-refractivity contribution in [1.29, 1.82) is 0 Å². The second kappa shape index (κ2) is 5.75. The number of aryl methyl sites for hydroxylation is 1. The molecule has 0 aliphatic heterocycles. The van der Waals surface area contributed by atoms with Crippen LogP contribution in [0.3, 0.4) is 0 Å². The first-order chi connectivity index (χ1) is 10.3. The molecule has 0 spiro atoms. The summed E-state index contributed by atoms with van der Waals surface area (Å²) in [5, 5.41) is 4.04. The van der Waals surface area contributed by atoms with Gasteiger partial charge in [-0.1, -0.05) is 30.3 Å². The molecule has 0 atom stereocenters. The quantitative estimate of drug-likeness (QED) is 0.743. The number of nitrogens with zero attached hydrogens (tertiary/aromatic N) is 3. The number of nitrogens with two attached hydrogens (primary N) is 1. The summed E-state index contributed by atoms with van der Waals surface area (Å²) in [6, 6.07) is 11.6. The molecular weight excluding hydrogens is 264 g/mol. The van der Waals surface area contributed by atoms with Crippen LogP contribution < -0.4 is 5.73 Å². The van der Waals surface area contributed by atoms with Crippen LogP contribution in [0, 0.1) is 0 Å². The van der Waals surface area contributed by atoms with Gasteiger partial charge in [0.2, 0.25) is 11.7 Å². The fourth-order valence-electron chi connectivity index (χ4n) is 2.16. The molecule has 0 saturated heterocycles. The van der Waals surface area contributed by atoms with Crippen LogP contribution in [0.1, 0.15) is 23.9 Å². The molecule has 0 bridgehead atoms. The molecular formula is C16H16N4O. The SMILES string of the molecule is CCc1cccnc1-c1noc(Cc2ccc(N)cc2)n1. The monoisotopic (exact) mass is 280 g/mol. The molecule has 3 rings (SSSR count). The van der Waals surface area contributed by atoms with Crippen LogP contribution in [0.25, 0.3) is 11.5 Å². The molecule has 3 aromatic rings. The van der Waals surface area contributed by atoms with E-state index in [2.05, 4.69) is 22.0 Å². The average molecular weight is 280 g/mol. The van der Waals surface area contributed by atoms with E-state index in [0.717, 1.165) is 28.9 Å². The zero-order valence-electron chi connectivity index (χ0n) is 11.8. The predicted octanol–water partition coefficient (Wildman–Crippen LogP) is 2.87. The maximum absolute atomic E-state index is 5.67. The number of rotatable bonds is 4. The van der Waals surface area contributed by atoms with Gasteiger partial charge in [0.1, 0.15) is 5.69 Å². The van der Waals surface area contributed by atoms with Crippen LogP contribution in [0.4, 0.5) is 5.69 Å². The third-order valence-electron chi connectivity index (χ3n) is 3.29. The number of pyridine rings is 1. The Hall–Kier alpha value is -2.69. The van der Waals surface area contributed by atoms with E-state index in [1.165, 1.54) is 0 Å². The van der Waals surface area contributed by atoms with Crippen molar-refractivity contribution >= 4 is 5.69 Å². The minimum Gasteiger partial charge on any atom is -0.399 e. The molecule has 2 heterocycles. The number of anilines is 1. The van der Waals surface area contributed by atoms with Crippen molar-refractivity contribution in [3.8, 4) is 11.5 Å². The van der Waals surface area contributed by atoms with Crippen LogP contribution in [-0.2, 0) is 12.8 Å². The lowest BCUT2D eigenvalue weighted by Gasteiger charge is -2.00. The minimum atomic E-state index is 0.540. The van der Waals surface area contributed by atoms with Gasteiger partial charge in [0, 0.05) is 11.9 Å². The molecule has 5 nitrogen and oxygen atoms in total. The Morgan fingerprint density at radius 1 is 1.14 bits per heavy atom.